The molecule has 2 aromatic rings. The normalized spacial score (nSPS) is 9.72. The van der Waals surface area contributed by atoms with Crippen LogP contribution in [-0.4, -0.2) is 6.61 Å². The fourth-order valence-corrected chi connectivity index (χ4v) is 1.67. The lowest BCUT2D eigenvalue weighted by Crippen LogP contribution is -2.03. The fraction of sp³-hybridized carbons (Fsp3) is 0.133. The molecule has 0 bridgehead atoms. The number of nitrogens with two attached hydrogens (primary N) is 1. The number of benzene rings is 2. The van der Waals surface area contributed by atoms with Crippen LogP contribution in [-0.2, 0) is 6.42 Å². The number of hydrogen-bond donors (Lipinski definition) is 1. The van der Waals surface area contributed by atoms with Gasteiger partial charge in [-0.15, -0.1) is 0 Å². The lowest BCUT2D eigenvalue weighted by atomic mass is 10.1. The maximum atomic E-state index is 8.68. The smallest absolute Gasteiger partial charge is 0.119 e. The molecule has 18 heavy (non-hydrogen) atoms. The molecular weight excluding hydrogens is 224 g/mol. The van der Waals surface area contributed by atoms with Crippen LogP contribution in [0.4, 0.5) is 5.69 Å². The first-order chi connectivity index (χ1) is 8.79. The molecule has 2 rings (SSSR count). The summed E-state index contributed by atoms with van der Waals surface area (Å²) in [5.74, 6) is 0.767. The molecule has 0 aliphatic carbocycles. The largest absolute Gasteiger partial charge is 0.493 e. The van der Waals surface area contributed by atoms with Crippen molar-refractivity contribution in [2.75, 3.05) is 12.3 Å². The quantitative estimate of drug-likeness (QED) is 0.833. The van der Waals surface area contributed by atoms with E-state index < -0.39 is 0 Å². The lowest BCUT2D eigenvalue weighted by Gasteiger charge is -2.07. The molecule has 3 nitrogen and oxygen atoms in total. The van der Waals surface area contributed by atoms with E-state index in [0.717, 1.165) is 23.4 Å². The summed E-state index contributed by atoms with van der Waals surface area (Å²) in [5.41, 5.74) is 8.36. The molecule has 0 saturated carbocycles. The molecule has 0 fully saturated rings. The van der Waals surface area contributed by atoms with Gasteiger partial charge in [-0.2, -0.15) is 5.26 Å². The van der Waals surface area contributed by atoms with Crippen molar-refractivity contribution in [3.63, 3.8) is 0 Å². The minimum Gasteiger partial charge on any atom is -0.493 e. The van der Waals surface area contributed by atoms with Crippen LogP contribution in [0.5, 0.6) is 5.75 Å². The van der Waals surface area contributed by atoms with Crippen molar-refractivity contribution < 1.29 is 4.74 Å². The van der Waals surface area contributed by atoms with E-state index in [0.29, 0.717) is 12.2 Å². The molecule has 0 radical (unpaired) electrons. The number of nitriles is 1. The Morgan fingerprint density at radius 2 is 1.78 bits per heavy atom. The van der Waals surface area contributed by atoms with Gasteiger partial charge < -0.3 is 10.5 Å². The highest BCUT2D eigenvalue weighted by molar-refractivity contribution is 5.46. The minimum absolute atomic E-state index is 0.570. The zero-order chi connectivity index (χ0) is 12.8. The van der Waals surface area contributed by atoms with Gasteiger partial charge in [0.05, 0.1) is 18.2 Å². The second-order valence-corrected chi connectivity index (χ2v) is 3.93. The van der Waals surface area contributed by atoms with E-state index in [2.05, 4.69) is 6.07 Å². The average Bonchev–Trinajstić information content (AvgIpc) is 2.42. The predicted octanol–water partition coefficient (Wildman–Crippen LogP) is 2.76. The van der Waals surface area contributed by atoms with Crippen molar-refractivity contribution in [1.29, 1.82) is 5.26 Å². The van der Waals surface area contributed by atoms with Gasteiger partial charge in [0, 0.05) is 12.1 Å². The highest BCUT2D eigenvalue weighted by Crippen LogP contribution is 2.14. The highest BCUT2D eigenvalue weighted by atomic mass is 16.5. The zero-order valence-corrected chi connectivity index (χ0v) is 9.97. The minimum atomic E-state index is 0.570. The number of ether oxygens (including phenoxy) is 1. The second kappa shape index (κ2) is 5.74. The second-order valence-electron chi connectivity index (χ2n) is 3.93. The highest BCUT2D eigenvalue weighted by Gasteiger charge is 1.99. The number of nitrogen functional groups attached to an aromatic ring is 1. The third-order valence-corrected chi connectivity index (χ3v) is 2.68. The maximum absolute atomic E-state index is 8.68. The zero-order valence-electron chi connectivity index (χ0n) is 9.97. The van der Waals surface area contributed by atoms with Crippen molar-refractivity contribution in [3.05, 3.63) is 59.7 Å². The van der Waals surface area contributed by atoms with Crippen molar-refractivity contribution in [3.8, 4) is 11.8 Å². The van der Waals surface area contributed by atoms with E-state index in [1.165, 1.54) is 0 Å². The summed E-state index contributed by atoms with van der Waals surface area (Å²) in [4.78, 5) is 0. The van der Waals surface area contributed by atoms with E-state index in [-0.39, 0.29) is 0 Å². The molecule has 0 aliphatic heterocycles. The van der Waals surface area contributed by atoms with Gasteiger partial charge in [0.25, 0.3) is 0 Å². The van der Waals surface area contributed by atoms with Crippen LogP contribution in [0.25, 0.3) is 0 Å². The molecule has 0 heterocycles. The molecule has 2 aromatic carbocycles. The summed E-state index contributed by atoms with van der Waals surface area (Å²) in [5, 5.41) is 8.68. The molecule has 0 amide bonds. The molecule has 0 spiro atoms. The van der Waals surface area contributed by atoms with Gasteiger partial charge in [-0.05, 0) is 35.9 Å². The first-order valence-corrected chi connectivity index (χ1v) is 5.76. The van der Waals surface area contributed by atoms with Crippen LogP contribution in [0.1, 0.15) is 11.1 Å². The molecule has 3 heteroatoms. The van der Waals surface area contributed by atoms with Crippen LogP contribution < -0.4 is 10.5 Å². The van der Waals surface area contributed by atoms with Crippen LogP contribution in [0.2, 0.25) is 0 Å². The Bertz CT molecular complexity index is 555. The van der Waals surface area contributed by atoms with Gasteiger partial charge in [-0.3, -0.25) is 0 Å². The summed E-state index contributed by atoms with van der Waals surface area (Å²) in [6, 6.07) is 16.9. The predicted molar refractivity (Wildman–Crippen MR) is 71.2 cm³/mol. The lowest BCUT2D eigenvalue weighted by molar-refractivity contribution is 0.322. The number of rotatable bonds is 4. The molecule has 0 aromatic heterocycles. The monoisotopic (exact) mass is 238 g/mol. The van der Waals surface area contributed by atoms with E-state index in [4.69, 9.17) is 15.7 Å². The van der Waals surface area contributed by atoms with Gasteiger partial charge in [0.2, 0.25) is 0 Å². The standard InChI is InChI=1S/C15H14N2O/c16-11-12-5-7-14(8-6-12)18-10-9-13-3-1-2-4-15(13)17/h1-8H,9-10,17H2. The van der Waals surface area contributed by atoms with Gasteiger partial charge >= 0.3 is 0 Å². The Morgan fingerprint density at radius 3 is 2.44 bits per heavy atom. The molecule has 0 atom stereocenters. The van der Waals surface area contributed by atoms with E-state index in [9.17, 15) is 0 Å². The molecule has 0 unspecified atom stereocenters. The average molecular weight is 238 g/mol. The Hall–Kier alpha value is -2.47. The van der Waals surface area contributed by atoms with Crippen LogP contribution >= 0.6 is 0 Å². The maximum Gasteiger partial charge on any atom is 0.119 e. The van der Waals surface area contributed by atoms with Crippen molar-refractivity contribution in [2.24, 2.45) is 0 Å². The SMILES string of the molecule is N#Cc1ccc(OCCc2ccccc2N)cc1. The first kappa shape index (κ1) is 12.0. The molecule has 90 valence electrons. The summed E-state index contributed by atoms with van der Waals surface area (Å²) in [6.07, 6.45) is 0.771. The summed E-state index contributed by atoms with van der Waals surface area (Å²) in [6.45, 7) is 0.570. The van der Waals surface area contributed by atoms with Crippen molar-refractivity contribution in [1.82, 2.24) is 0 Å². The van der Waals surface area contributed by atoms with Gasteiger partial charge in [-0.25, -0.2) is 0 Å². The molecule has 0 saturated heterocycles. The van der Waals surface area contributed by atoms with E-state index in [1.807, 2.05) is 24.3 Å². The number of para-hydroxylation sites is 1. The van der Waals surface area contributed by atoms with E-state index >= 15 is 0 Å². The summed E-state index contributed by atoms with van der Waals surface area (Å²) in [7, 11) is 0. The van der Waals surface area contributed by atoms with Gasteiger partial charge in [-0.1, -0.05) is 18.2 Å². The fourth-order valence-electron chi connectivity index (χ4n) is 1.67. The Labute approximate surface area is 106 Å². The third kappa shape index (κ3) is 3.02. The number of anilines is 1. The van der Waals surface area contributed by atoms with Crippen molar-refractivity contribution in [2.45, 2.75) is 6.42 Å². The van der Waals surface area contributed by atoms with Gasteiger partial charge in [0.1, 0.15) is 5.75 Å². The topological polar surface area (TPSA) is 59.0 Å². The number of hydrogen-bond acceptors (Lipinski definition) is 3. The van der Waals surface area contributed by atoms with Crippen LogP contribution in [0.3, 0.4) is 0 Å². The Balaban J connectivity index is 1.89. The molecular formula is C15H14N2O. The van der Waals surface area contributed by atoms with Gasteiger partial charge in [0.15, 0.2) is 0 Å². The van der Waals surface area contributed by atoms with Crippen LogP contribution in [0.15, 0.2) is 48.5 Å². The first-order valence-electron chi connectivity index (χ1n) is 5.76. The Morgan fingerprint density at radius 1 is 1.06 bits per heavy atom. The summed E-state index contributed by atoms with van der Waals surface area (Å²) >= 11 is 0. The van der Waals surface area contributed by atoms with Crippen molar-refractivity contribution >= 4 is 5.69 Å². The number of nitrogens with zero attached hydrogens (tertiary/aromatic N) is 1. The van der Waals surface area contributed by atoms with Crippen LogP contribution in [0, 0.1) is 11.3 Å². The van der Waals surface area contributed by atoms with E-state index in [1.54, 1.807) is 24.3 Å². The molecule has 0 aliphatic rings. The Kier molecular flexibility index (Phi) is 3.83. The molecule has 2 N–H and O–H groups in total. The summed E-state index contributed by atoms with van der Waals surface area (Å²) < 4.78 is 5.60. The third-order valence-electron chi connectivity index (χ3n) is 2.68.